The van der Waals surface area contributed by atoms with Crippen molar-refractivity contribution in [2.24, 2.45) is 0 Å². The highest BCUT2D eigenvalue weighted by atomic mass is 31.1. The molecule has 0 N–H and O–H groups in total. The average Bonchev–Trinajstić information content (AvgIpc) is 2.12. The first-order valence-electron chi connectivity index (χ1n) is 5.83. The molecule has 0 fully saturated rings. The zero-order valence-electron chi connectivity index (χ0n) is 11.3. The van der Waals surface area contributed by atoms with Crippen LogP contribution in [0, 0.1) is 0 Å². The SMILES string of the molecule is C[Si](C)(C)C([P-]c1ccccn1)[Si](C)(C)C. The van der Waals surface area contributed by atoms with Gasteiger partial charge in [-0.25, -0.2) is 0 Å². The predicted octanol–water partition coefficient (Wildman–Crippen LogP) is 3.78. The fourth-order valence-corrected chi connectivity index (χ4v) is 17.1. The largest absolute Gasteiger partial charge is 0.488 e. The molecule has 1 aromatic heterocycles. The molecule has 1 aromatic rings. The Morgan fingerprint density at radius 3 is 1.94 bits per heavy atom. The third-order valence-electron chi connectivity index (χ3n) is 2.55. The van der Waals surface area contributed by atoms with Crippen LogP contribution in [0.5, 0.6) is 0 Å². The number of hydrogen-bond acceptors (Lipinski definition) is 1. The minimum absolute atomic E-state index is 0.884. The van der Waals surface area contributed by atoms with Gasteiger partial charge >= 0.3 is 0 Å². The highest BCUT2D eigenvalue weighted by Gasteiger charge is 2.29. The van der Waals surface area contributed by atoms with E-state index in [0.29, 0.717) is 0 Å². The van der Waals surface area contributed by atoms with Crippen molar-refractivity contribution >= 4 is 30.2 Å². The summed E-state index contributed by atoms with van der Waals surface area (Å²) in [5, 5.41) is 0. The molecule has 0 aromatic carbocycles. The van der Waals surface area contributed by atoms with Crippen molar-refractivity contribution in [2.75, 3.05) is 0 Å². The molecule has 0 atom stereocenters. The topological polar surface area (TPSA) is 12.9 Å². The summed E-state index contributed by atoms with van der Waals surface area (Å²) in [6.45, 7) is 15.0. The lowest BCUT2D eigenvalue weighted by molar-refractivity contribution is 1.38. The summed E-state index contributed by atoms with van der Waals surface area (Å²) in [5.41, 5.74) is 1.25. The quantitative estimate of drug-likeness (QED) is 0.598. The molecule has 16 heavy (non-hydrogen) atoms. The number of pyridine rings is 1. The molecule has 1 heterocycles. The fourth-order valence-electron chi connectivity index (χ4n) is 2.25. The number of hydrogen-bond donors (Lipinski definition) is 0. The van der Waals surface area contributed by atoms with Gasteiger partial charge in [0.2, 0.25) is 0 Å². The summed E-state index contributed by atoms with van der Waals surface area (Å²) in [6.07, 6.45) is 1.91. The molecule has 1 rings (SSSR count). The summed E-state index contributed by atoms with van der Waals surface area (Å²) in [4.78, 5) is 5.36. The van der Waals surface area contributed by atoms with E-state index in [1.807, 2.05) is 12.3 Å². The van der Waals surface area contributed by atoms with Crippen molar-refractivity contribution in [3.05, 3.63) is 24.4 Å². The molecular weight excluding hydrogens is 245 g/mol. The fraction of sp³-hybridized carbons (Fsp3) is 0.583. The molecule has 0 amide bonds. The Morgan fingerprint density at radius 1 is 1.00 bits per heavy atom. The molecular formula is C12H23NPSi2-. The number of aromatic nitrogens is 1. The summed E-state index contributed by atoms with van der Waals surface area (Å²) in [5.74, 6) is 0. The minimum Gasteiger partial charge on any atom is -0.488 e. The van der Waals surface area contributed by atoms with Crippen LogP contribution >= 0.6 is 8.58 Å². The van der Waals surface area contributed by atoms with E-state index in [1.165, 1.54) is 14.0 Å². The van der Waals surface area contributed by atoms with Crippen LogP contribution in [0.25, 0.3) is 0 Å². The molecule has 0 aliphatic rings. The molecule has 0 unspecified atom stereocenters. The summed E-state index contributed by atoms with van der Waals surface area (Å²) >= 11 is 0. The smallest absolute Gasteiger partial charge is 0.0240 e. The Morgan fingerprint density at radius 2 is 1.56 bits per heavy atom. The molecule has 0 saturated heterocycles. The van der Waals surface area contributed by atoms with Crippen LogP contribution in [-0.2, 0) is 0 Å². The Bertz CT molecular complexity index is 313. The zero-order chi connectivity index (χ0) is 12.4. The first kappa shape index (κ1) is 14.1. The standard InChI is InChI=1S/C12H23NPSi2/c1-15(2,3)12(16(4,5)6)14-11-9-7-8-10-13-11/h7-10,12H,1-6H3/q-1. The highest BCUT2D eigenvalue weighted by Crippen LogP contribution is 2.34. The van der Waals surface area contributed by atoms with Gasteiger partial charge < -0.3 is 8.58 Å². The Labute approximate surface area is 104 Å². The van der Waals surface area contributed by atoms with E-state index in [0.717, 1.165) is 4.91 Å². The molecule has 1 nitrogen and oxygen atoms in total. The van der Waals surface area contributed by atoms with Gasteiger partial charge in [0.15, 0.2) is 0 Å². The maximum Gasteiger partial charge on any atom is 0.0240 e. The molecule has 0 bridgehead atoms. The third kappa shape index (κ3) is 4.12. The van der Waals surface area contributed by atoms with E-state index < -0.39 is 16.1 Å². The van der Waals surface area contributed by atoms with E-state index in [4.69, 9.17) is 0 Å². The Balaban J connectivity index is 2.89. The Hall–Kier alpha value is 0.0138. The molecule has 0 radical (unpaired) electrons. The van der Waals surface area contributed by atoms with Crippen LogP contribution in [0.2, 0.25) is 39.3 Å². The van der Waals surface area contributed by atoms with Crippen LogP contribution in [0.3, 0.4) is 0 Å². The second kappa shape index (κ2) is 5.11. The van der Waals surface area contributed by atoms with E-state index in [-0.39, 0.29) is 0 Å². The van der Waals surface area contributed by atoms with Crippen LogP contribution in [-0.4, -0.2) is 26.0 Å². The van der Waals surface area contributed by atoms with Crippen molar-refractivity contribution in [2.45, 2.75) is 44.2 Å². The first-order chi connectivity index (χ1) is 7.21. The third-order valence-corrected chi connectivity index (χ3v) is 17.2. The number of nitrogens with zero attached hydrogens (tertiary/aromatic N) is 1. The minimum atomic E-state index is -1.10. The van der Waals surface area contributed by atoms with Gasteiger partial charge in [0.1, 0.15) is 0 Å². The highest BCUT2D eigenvalue weighted by molar-refractivity contribution is 7.55. The molecule has 0 aliphatic heterocycles. The van der Waals surface area contributed by atoms with Gasteiger partial charge in [-0.2, -0.15) is 4.91 Å². The van der Waals surface area contributed by atoms with Crippen molar-refractivity contribution < 1.29 is 0 Å². The van der Waals surface area contributed by atoms with E-state index in [1.54, 1.807) is 0 Å². The molecule has 90 valence electrons. The van der Waals surface area contributed by atoms with Crippen molar-refractivity contribution in [1.29, 1.82) is 0 Å². The van der Waals surface area contributed by atoms with E-state index >= 15 is 0 Å². The molecule has 0 saturated carbocycles. The van der Waals surface area contributed by atoms with Gasteiger partial charge in [-0.15, -0.1) is 5.44 Å². The summed E-state index contributed by atoms with van der Waals surface area (Å²) in [6, 6.07) is 6.26. The second-order valence-electron chi connectivity index (χ2n) is 6.45. The van der Waals surface area contributed by atoms with E-state index in [9.17, 15) is 0 Å². The van der Waals surface area contributed by atoms with Crippen LogP contribution < -0.4 is 5.44 Å². The molecule has 0 spiro atoms. The second-order valence-corrected chi connectivity index (χ2v) is 19.9. The maximum atomic E-state index is 4.48. The summed E-state index contributed by atoms with van der Waals surface area (Å²) in [7, 11) is -0.728. The lowest BCUT2D eigenvalue weighted by Crippen LogP contribution is -2.51. The first-order valence-corrected chi connectivity index (χ1v) is 13.9. The van der Waals surface area contributed by atoms with Gasteiger partial charge in [-0.1, -0.05) is 51.4 Å². The van der Waals surface area contributed by atoms with Gasteiger partial charge in [-0.3, -0.25) is 4.98 Å². The zero-order valence-corrected chi connectivity index (χ0v) is 14.2. The monoisotopic (exact) mass is 268 g/mol. The van der Waals surface area contributed by atoms with E-state index in [2.05, 4.69) is 56.4 Å². The van der Waals surface area contributed by atoms with Crippen molar-refractivity contribution in [3.8, 4) is 0 Å². The average molecular weight is 268 g/mol. The normalized spacial score (nSPS) is 13.9. The van der Waals surface area contributed by atoms with Crippen LogP contribution in [0.15, 0.2) is 24.4 Å². The Kier molecular flexibility index (Phi) is 4.50. The van der Waals surface area contributed by atoms with Crippen LogP contribution in [0.1, 0.15) is 0 Å². The number of rotatable bonds is 4. The summed E-state index contributed by atoms with van der Waals surface area (Å²) < 4.78 is 0. The van der Waals surface area contributed by atoms with Gasteiger partial charge in [0.05, 0.1) is 0 Å². The molecule has 4 heteroatoms. The van der Waals surface area contributed by atoms with Gasteiger partial charge in [0, 0.05) is 22.3 Å². The maximum absolute atomic E-state index is 4.48. The van der Waals surface area contributed by atoms with Crippen molar-refractivity contribution in [1.82, 2.24) is 4.98 Å². The van der Waals surface area contributed by atoms with Gasteiger partial charge in [0.25, 0.3) is 0 Å². The lowest BCUT2D eigenvalue weighted by atomic mass is 10.5. The van der Waals surface area contributed by atoms with Crippen molar-refractivity contribution in [3.63, 3.8) is 0 Å². The molecule has 0 aliphatic carbocycles. The van der Waals surface area contributed by atoms with Crippen LogP contribution in [0.4, 0.5) is 0 Å². The predicted molar refractivity (Wildman–Crippen MR) is 81.3 cm³/mol. The van der Waals surface area contributed by atoms with Gasteiger partial charge in [-0.05, 0) is 6.07 Å². The lowest BCUT2D eigenvalue weighted by Gasteiger charge is -2.48.